The molecule has 1 heterocycles. The van der Waals surface area contributed by atoms with Crippen molar-refractivity contribution < 1.29 is 8.42 Å². The van der Waals surface area contributed by atoms with Crippen molar-refractivity contribution in [3.05, 3.63) is 42.6 Å². The quantitative estimate of drug-likeness (QED) is 0.875. The fourth-order valence-corrected chi connectivity index (χ4v) is 3.70. The second-order valence-corrected chi connectivity index (χ2v) is 7.52. The molecule has 6 nitrogen and oxygen atoms in total. The summed E-state index contributed by atoms with van der Waals surface area (Å²) in [6, 6.07) is 11.3. The SMILES string of the molecule is NS(=O)(=O)C1(CNc2ccnc(-c3ccccc3)n2)CCC1. The molecule has 1 aliphatic rings. The average Bonchev–Trinajstić information content (AvgIpc) is 2.46. The highest BCUT2D eigenvalue weighted by Crippen LogP contribution is 2.38. The second-order valence-electron chi connectivity index (χ2n) is 5.57. The van der Waals surface area contributed by atoms with Gasteiger partial charge in [-0.15, -0.1) is 0 Å². The standard InChI is InChI=1S/C15H18N4O2S/c16-22(20,21)15(8-4-9-15)11-18-13-7-10-17-14(19-13)12-5-2-1-3-6-12/h1-3,5-7,10H,4,8-9,11H2,(H2,16,20,21)(H,17,18,19). The summed E-state index contributed by atoms with van der Waals surface area (Å²) >= 11 is 0. The van der Waals surface area contributed by atoms with Gasteiger partial charge in [0, 0.05) is 18.3 Å². The summed E-state index contributed by atoms with van der Waals surface area (Å²) < 4.78 is 22.6. The van der Waals surface area contributed by atoms with E-state index in [2.05, 4.69) is 15.3 Å². The van der Waals surface area contributed by atoms with E-state index in [1.165, 1.54) is 0 Å². The smallest absolute Gasteiger partial charge is 0.216 e. The lowest BCUT2D eigenvalue weighted by Crippen LogP contribution is -2.53. The molecule has 116 valence electrons. The normalized spacial score (nSPS) is 16.8. The lowest BCUT2D eigenvalue weighted by atomic mass is 9.84. The van der Waals surface area contributed by atoms with E-state index in [9.17, 15) is 8.42 Å². The molecule has 2 aromatic rings. The summed E-state index contributed by atoms with van der Waals surface area (Å²) in [5.41, 5.74) is 0.913. The van der Waals surface area contributed by atoms with Crippen LogP contribution in [0.4, 0.5) is 5.82 Å². The summed E-state index contributed by atoms with van der Waals surface area (Å²) in [5, 5.41) is 8.45. The number of nitrogens with one attached hydrogen (secondary N) is 1. The van der Waals surface area contributed by atoms with Crippen molar-refractivity contribution in [1.82, 2.24) is 9.97 Å². The van der Waals surface area contributed by atoms with Crippen LogP contribution in [0.1, 0.15) is 19.3 Å². The minimum Gasteiger partial charge on any atom is -0.368 e. The molecule has 0 radical (unpaired) electrons. The molecule has 1 aliphatic carbocycles. The lowest BCUT2D eigenvalue weighted by molar-refractivity contribution is 0.351. The molecule has 3 N–H and O–H groups in total. The molecule has 3 rings (SSSR count). The highest BCUT2D eigenvalue weighted by molar-refractivity contribution is 7.90. The van der Waals surface area contributed by atoms with Gasteiger partial charge < -0.3 is 5.32 Å². The Morgan fingerprint density at radius 2 is 1.91 bits per heavy atom. The van der Waals surface area contributed by atoms with E-state index in [-0.39, 0.29) is 6.54 Å². The predicted octanol–water partition coefficient (Wildman–Crippen LogP) is 1.77. The summed E-state index contributed by atoms with van der Waals surface area (Å²) in [4.78, 5) is 8.67. The van der Waals surface area contributed by atoms with Gasteiger partial charge in [0.15, 0.2) is 5.82 Å². The first-order valence-electron chi connectivity index (χ1n) is 7.15. The van der Waals surface area contributed by atoms with Crippen molar-refractivity contribution in [3.63, 3.8) is 0 Å². The van der Waals surface area contributed by atoms with Crippen LogP contribution in [-0.4, -0.2) is 29.7 Å². The first-order valence-corrected chi connectivity index (χ1v) is 8.70. The Kier molecular flexibility index (Phi) is 3.84. The number of benzene rings is 1. The van der Waals surface area contributed by atoms with Gasteiger partial charge in [0.05, 0.1) is 0 Å². The zero-order valence-corrected chi connectivity index (χ0v) is 12.9. The molecule has 0 unspecified atom stereocenters. The number of hydrogen-bond acceptors (Lipinski definition) is 5. The van der Waals surface area contributed by atoms with Crippen LogP contribution < -0.4 is 10.5 Å². The summed E-state index contributed by atoms with van der Waals surface area (Å²) in [6.07, 6.45) is 3.73. The molecular formula is C15H18N4O2S. The number of nitrogens with zero attached hydrogens (tertiary/aromatic N) is 2. The van der Waals surface area contributed by atoms with Gasteiger partial charge in [-0.2, -0.15) is 0 Å². The van der Waals surface area contributed by atoms with Crippen LogP contribution in [-0.2, 0) is 10.0 Å². The van der Waals surface area contributed by atoms with Crippen molar-refractivity contribution >= 4 is 15.8 Å². The predicted molar refractivity (Wildman–Crippen MR) is 85.6 cm³/mol. The maximum Gasteiger partial charge on any atom is 0.216 e. The molecule has 0 saturated heterocycles. The molecule has 1 aromatic carbocycles. The van der Waals surface area contributed by atoms with E-state index < -0.39 is 14.8 Å². The van der Waals surface area contributed by atoms with Gasteiger partial charge in [-0.25, -0.2) is 23.5 Å². The molecular weight excluding hydrogens is 300 g/mol. The number of primary sulfonamides is 1. The van der Waals surface area contributed by atoms with E-state index >= 15 is 0 Å². The number of nitrogens with two attached hydrogens (primary N) is 1. The third-order valence-corrected chi connectivity index (χ3v) is 5.91. The van der Waals surface area contributed by atoms with E-state index in [1.807, 2.05) is 30.3 Å². The Bertz CT molecular complexity index is 758. The van der Waals surface area contributed by atoms with Crippen molar-refractivity contribution in [2.45, 2.75) is 24.0 Å². The maximum atomic E-state index is 11.8. The third-order valence-electron chi connectivity index (χ3n) is 4.15. The van der Waals surface area contributed by atoms with Gasteiger partial charge in [-0.05, 0) is 18.9 Å². The van der Waals surface area contributed by atoms with Gasteiger partial charge >= 0.3 is 0 Å². The topological polar surface area (TPSA) is 98.0 Å². The van der Waals surface area contributed by atoms with Crippen LogP contribution in [0.15, 0.2) is 42.6 Å². The highest BCUT2D eigenvalue weighted by Gasteiger charge is 2.46. The Balaban J connectivity index is 1.77. The molecule has 1 fully saturated rings. The van der Waals surface area contributed by atoms with Crippen molar-refractivity contribution in [2.24, 2.45) is 5.14 Å². The third kappa shape index (κ3) is 2.82. The van der Waals surface area contributed by atoms with Crippen LogP contribution in [0, 0.1) is 0 Å². The molecule has 1 saturated carbocycles. The van der Waals surface area contributed by atoms with Crippen molar-refractivity contribution in [2.75, 3.05) is 11.9 Å². The van der Waals surface area contributed by atoms with E-state index in [0.717, 1.165) is 12.0 Å². The molecule has 22 heavy (non-hydrogen) atoms. The Labute approximate surface area is 129 Å². The van der Waals surface area contributed by atoms with E-state index in [1.54, 1.807) is 12.3 Å². The first kappa shape index (κ1) is 14.9. The average molecular weight is 318 g/mol. The van der Waals surface area contributed by atoms with Crippen LogP contribution in [0.5, 0.6) is 0 Å². The molecule has 0 spiro atoms. The summed E-state index contributed by atoms with van der Waals surface area (Å²) in [5.74, 6) is 1.20. The number of hydrogen-bond donors (Lipinski definition) is 2. The molecule has 1 aromatic heterocycles. The zero-order valence-electron chi connectivity index (χ0n) is 12.1. The zero-order chi connectivity index (χ0) is 15.6. The van der Waals surface area contributed by atoms with Crippen molar-refractivity contribution in [1.29, 1.82) is 0 Å². The Morgan fingerprint density at radius 3 is 2.50 bits per heavy atom. The lowest BCUT2D eigenvalue weighted by Gasteiger charge is -2.39. The fourth-order valence-electron chi connectivity index (χ4n) is 2.57. The first-order chi connectivity index (χ1) is 10.5. The minimum atomic E-state index is -3.57. The largest absolute Gasteiger partial charge is 0.368 e. The number of anilines is 1. The molecule has 0 bridgehead atoms. The molecule has 7 heteroatoms. The monoisotopic (exact) mass is 318 g/mol. The van der Waals surface area contributed by atoms with Crippen molar-refractivity contribution in [3.8, 4) is 11.4 Å². The summed E-state index contributed by atoms with van der Waals surface area (Å²) in [6.45, 7) is 0.275. The molecule has 0 aliphatic heterocycles. The van der Waals surface area contributed by atoms with Crippen LogP contribution in [0.2, 0.25) is 0 Å². The van der Waals surface area contributed by atoms with Gasteiger partial charge in [0.1, 0.15) is 10.6 Å². The number of sulfonamides is 1. The van der Waals surface area contributed by atoms with Gasteiger partial charge in [-0.3, -0.25) is 0 Å². The number of aromatic nitrogens is 2. The van der Waals surface area contributed by atoms with Crippen LogP contribution in [0.3, 0.4) is 0 Å². The molecule has 0 amide bonds. The second kappa shape index (κ2) is 5.66. The van der Waals surface area contributed by atoms with E-state index in [4.69, 9.17) is 5.14 Å². The van der Waals surface area contributed by atoms with Gasteiger partial charge in [0.25, 0.3) is 0 Å². The minimum absolute atomic E-state index is 0.275. The van der Waals surface area contributed by atoms with E-state index in [0.29, 0.717) is 24.5 Å². The van der Waals surface area contributed by atoms with Gasteiger partial charge in [-0.1, -0.05) is 36.8 Å². The maximum absolute atomic E-state index is 11.8. The summed E-state index contributed by atoms with van der Waals surface area (Å²) in [7, 11) is -3.57. The fraction of sp³-hybridized carbons (Fsp3) is 0.333. The number of rotatable bonds is 5. The highest BCUT2D eigenvalue weighted by atomic mass is 32.2. The van der Waals surface area contributed by atoms with Crippen LogP contribution in [0.25, 0.3) is 11.4 Å². The molecule has 0 atom stereocenters. The Hall–Kier alpha value is -1.99. The van der Waals surface area contributed by atoms with Crippen LogP contribution >= 0.6 is 0 Å². The Morgan fingerprint density at radius 1 is 1.18 bits per heavy atom. The van der Waals surface area contributed by atoms with Gasteiger partial charge in [0.2, 0.25) is 10.0 Å².